The van der Waals surface area contributed by atoms with Gasteiger partial charge in [0, 0.05) is 16.7 Å². The Labute approximate surface area is 101 Å². The number of benzene rings is 1. The molecule has 1 atom stereocenters. The molecule has 1 fully saturated rings. The minimum Gasteiger partial charge on any atom is -0.327 e. The fourth-order valence-corrected chi connectivity index (χ4v) is 2.64. The van der Waals surface area contributed by atoms with Gasteiger partial charge in [-0.15, -0.1) is 11.8 Å². The van der Waals surface area contributed by atoms with Crippen LogP contribution in [0.2, 0.25) is 0 Å². The second-order valence-corrected chi connectivity index (χ2v) is 5.64. The molecule has 1 aromatic carbocycles. The lowest BCUT2D eigenvalue weighted by atomic mass is 10.1. The molecule has 1 aliphatic rings. The molecule has 1 aromatic rings. The van der Waals surface area contributed by atoms with Crippen LogP contribution < -0.4 is 5.73 Å². The van der Waals surface area contributed by atoms with Gasteiger partial charge in [0.15, 0.2) is 0 Å². The second-order valence-electron chi connectivity index (χ2n) is 4.55. The van der Waals surface area contributed by atoms with Crippen LogP contribution in [0.4, 0.5) is 4.39 Å². The first-order valence-corrected chi connectivity index (χ1v) is 6.86. The molecule has 2 rings (SSSR count). The van der Waals surface area contributed by atoms with Gasteiger partial charge < -0.3 is 5.73 Å². The predicted molar refractivity (Wildman–Crippen MR) is 67.1 cm³/mol. The predicted octanol–water partition coefficient (Wildman–Crippen LogP) is 3.44. The second kappa shape index (κ2) is 5.69. The Morgan fingerprint density at radius 2 is 2.25 bits per heavy atom. The van der Waals surface area contributed by atoms with Crippen molar-refractivity contribution in [1.29, 1.82) is 0 Å². The van der Waals surface area contributed by atoms with Gasteiger partial charge in [-0.25, -0.2) is 4.39 Å². The van der Waals surface area contributed by atoms with Gasteiger partial charge in [0.05, 0.1) is 0 Å². The van der Waals surface area contributed by atoms with Crippen molar-refractivity contribution in [2.24, 2.45) is 11.7 Å². The van der Waals surface area contributed by atoms with Crippen LogP contribution in [-0.4, -0.2) is 11.8 Å². The quantitative estimate of drug-likeness (QED) is 0.770. The monoisotopic (exact) mass is 239 g/mol. The van der Waals surface area contributed by atoms with Gasteiger partial charge in [0.1, 0.15) is 5.82 Å². The summed E-state index contributed by atoms with van der Waals surface area (Å²) >= 11 is 1.65. The van der Waals surface area contributed by atoms with E-state index in [1.807, 2.05) is 6.07 Å². The summed E-state index contributed by atoms with van der Waals surface area (Å²) in [4.78, 5) is 0.974. The van der Waals surface area contributed by atoms with E-state index < -0.39 is 0 Å². The van der Waals surface area contributed by atoms with E-state index >= 15 is 0 Å². The molecule has 0 saturated heterocycles. The Balaban J connectivity index is 1.69. The summed E-state index contributed by atoms with van der Waals surface area (Å²) in [5.41, 5.74) is 6.02. The average Bonchev–Trinajstić information content (AvgIpc) is 3.07. The van der Waals surface area contributed by atoms with E-state index in [1.54, 1.807) is 23.9 Å². The molecular formula is C13H18FNS. The third-order valence-electron chi connectivity index (χ3n) is 2.90. The fourth-order valence-electron chi connectivity index (χ4n) is 1.70. The van der Waals surface area contributed by atoms with Crippen LogP contribution in [0, 0.1) is 11.7 Å². The van der Waals surface area contributed by atoms with Gasteiger partial charge in [-0.05, 0) is 37.0 Å². The average molecular weight is 239 g/mol. The highest BCUT2D eigenvalue weighted by atomic mass is 32.2. The maximum absolute atomic E-state index is 12.9. The van der Waals surface area contributed by atoms with Crippen molar-refractivity contribution in [2.75, 3.05) is 5.75 Å². The molecule has 0 amide bonds. The van der Waals surface area contributed by atoms with Crippen molar-refractivity contribution in [3.8, 4) is 0 Å². The van der Waals surface area contributed by atoms with E-state index in [1.165, 1.54) is 25.3 Å². The first kappa shape index (κ1) is 11.9. The maximum atomic E-state index is 12.9. The number of nitrogens with two attached hydrogens (primary N) is 1. The summed E-state index contributed by atoms with van der Waals surface area (Å²) in [6.07, 6.45) is 5.16. The maximum Gasteiger partial charge on any atom is 0.124 e. The minimum atomic E-state index is -0.170. The summed E-state index contributed by atoms with van der Waals surface area (Å²) in [6.45, 7) is 0. The zero-order valence-electron chi connectivity index (χ0n) is 9.36. The summed E-state index contributed by atoms with van der Waals surface area (Å²) in [6, 6.07) is 6.96. The smallest absolute Gasteiger partial charge is 0.124 e. The van der Waals surface area contributed by atoms with Gasteiger partial charge in [-0.2, -0.15) is 0 Å². The highest BCUT2D eigenvalue weighted by Crippen LogP contribution is 2.34. The summed E-state index contributed by atoms with van der Waals surface area (Å²) in [5, 5.41) is 0. The molecule has 0 aromatic heterocycles. The molecule has 1 unspecified atom stereocenters. The van der Waals surface area contributed by atoms with Gasteiger partial charge in [0.25, 0.3) is 0 Å². The Hall–Kier alpha value is -0.540. The van der Waals surface area contributed by atoms with Crippen LogP contribution in [0.1, 0.15) is 25.7 Å². The van der Waals surface area contributed by atoms with Crippen LogP contribution in [-0.2, 0) is 0 Å². The molecule has 0 aliphatic heterocycles. The van der Waals surface area contributed by atoms with E-state index in [2.05, 4.69) is 0 Å². The van der Waals surface area contributed by atoms with E-state index in [0.717, 1.165) is 23.0 Å². The minimum absolute atomic E-state index is 0.170. The number of hydrogen-bond acceptors (Lipinski definition) is 2. The van der Waals surface area contributed by atoms with Gasteiger partial charge in [-0.1, -0.05) is 18.9 Å². The van der Waals surface area contributed by atoms with E-state index in [4.69, 9.17) is 5.73 Å². The van der Waals surface area contributed by atoms with Crippen LogP contribution >= 0.6 is 11.8 Å². The Kier molecular flexibility index (Phi) is 4.24. The van der Waals surface area contributed by atoms with Crippen LogP contribution in [0.15, 0.2) is 29.2 Å². The van der Waals surface area contributed by atoms with Crippen LogP contribution in [0.3, 0.4) is 0 Å². The van der Waals surface area contributed by atoms with Gasteiger partial charge >= 0.3 is 0 Å². The van der Waals surface area contributed by atoms with E-state index in [9.17, 15) is 4.39 Å². The van der Waals surface area contributed by atoms with Crippen molar-refractivity contribution in [2.45, 2.75) is 36.6 Å². The molecule has 16 heavy (non-hydrogen) atoms. The normalized spacial score (nSPS) is 17.4. The molecule has 1 nitrogen and oxygen atoms in total. The molecule has 0 bridgehead atoms. The van der Waals surface area contributed by atoms with Gasteiger partial charge in [0.2, 0.25) is 0 Å². The van der Waals surface area contributed by atoms with Gasteiger partial charge in [-0.3, -0.25) is 0 Å². The van der Waals surface area contributed by atoms with Crippen molar-refractivity contribution >= 4 is 11.8 Å². The molecule has 88 valence electrons. The number of thioether (sulfide) groups is 1. The lowest BCUT2D eigenvalue weighted by Gasteiger charge is -2.10. The number of halogens is 1. The Morgan fingerprint density at radius 3 is 2.94 bits per heavy atom. The third kappa shape index (κ3) is 4.14. The first-order chi connectivity index (χ1) is 7.74. The molecule has 3 heteroatoms. The zero-order chi connectivity index (χ0) is 11.4. The van der Waals surface area contributed by atoms with Crippen LogP contribution in [0.25, 0.3) is 0 Å². The first-order valence-electron chi connectivity index (χ1n) is 5.88. The summed E-state index contributed by atoms with van der Waals surface area (Å²) in [7, 11) is 0. The highest BCUT2D eigenvalue weighted by molar-refractivity contribution is 7.99. The molecular weight excluding hydrogens is 221 g/mol. The molecule has 2 N–H and O–H groups in total. The van der Waals surface area contributed by atoms with E-state index in [0.29, 0.717) is 0 Å². The topological polar surface area (TPSA) is 26.0 Å². The molecule has 0 radical (unpaired) electrons. The highest BCUT2D eigenvalue weighted by Gasteiger charge is 2.21. The summed E-state index contributed by atoms with van der Waals surface area (Å²) in [5.74, 6) is 1.66. The Morgan fingerprint density at radius 1 is 1.44 bits per heavy atom. The SMILES string of the molecule is NC(CCC1CC1)CSc1cccc(F)c1. The third-order valence-corrected chi connectivity index (χ3v) is 4.08. The number of rotatable bonds is 6. The van der Waals surface area contributed by atoms with Crippen molar-refractivity contribution in [1.82, 2.24) is 0 Å². The fraction of sp³-hybridized carbons (Fsp3) is 0.538. The van der Waals surface area contributed by atoms with Crippen LogP contribution in [0.5, 0.6) is 0 Å². The zero-order valence-corrected chi connectivity index (χ0v) is 10.2. The van der Waals surface area contributed by atoms with Crippen molar-refractivity contribution < 1.29 is 4.39 Å². The molecule has 0 spiro atoms. The molecule has 1 aliphatic carbocycles. The Bertz CT molecular complexity index is 338. The standard InChI is InChI=1S/C13H18FNS/c14-11-2-1-3-13(8-11)16-9-12(15)7-6-10-4-5-10/h1-3,8,10,12H,4-7,9,15H2. The van der Waals surface area contributed by atoms with Crippen molar-refractivity contribution in [3.05, 3.63) is 30.1 Å². The lowest BCUT2D eigenvalue weighted by Crippen LogP contribution is -2.22. The molecule has 0 heterocycles. The van der Waals surface area contributed by atoms with E-state index in [-0.39, 0.29) is 11.9 Å². The number of hydrogen-bond donors (Lipinski definition) is 1. The summed E-state index contributed by atoms with van der Waals surface area (Å²) < 4.78 is 12.9. The largest absolute Gasteiger partial charge is 0.327 e. The molecule has 1 saturated carbocycles. The van der Waals surface area contributed by atoms with Crippen molar-refractivity contribution in [3.63, 3.8) is 0 Å². The lowest BCUT2D eigenvalue weighted by molar-refractivity contribution is 0.591.